The molecule has 17 heavy (non-hydrogen) atoms. The van der Waals surface area contributed by atoms with Crippen molar-refractivity contribution < 1.29 is 9.53 Å². The molecule has 0 radical (unpaired) electrons. The van der Waals surface area contributed by atoms with Crippen LogP contribution in [0.1, 0.15) is 30.0 Å². The summed E-state index contributed by atoms with van der Waals surface area (Å²) in [5.74, 6) is -0.476. The first-order chi connectivity index (χ1) is 8.13. The van der Waals surface area contributed by atoms with E-state index in [1.165, 1.54) is 17.7 Å². The molecule has 0 unspecified atom stereocenters. The highest BCUT2D eigenvalue weighted by molar-refractivity contribution is 5.88. The molecule has 0 aliphatic carbocycles. The van der Waals surface area contributed by atoms with Gasteiger partial charge in [0.25, 0.3) is 0 Å². The molecular formula is C12H16N2O3. The first kappa shape index (κ1) is 13.0. The van der Waals surface area contributed by atoms with Gasteiger partial charge in [-0.3, -0.25) is 9.89 Å². The summed E-state index contributed by atoms with van der Waals surface area (Å²) in [5.41, 5.74) is 1.31. The van der Waals surface area contributed by atoms with Gasteiger partial charge in [0.15, 0.2) is 0 Å². The average Bonchev–Trinajstić information content (AvgIpc) is 2.74. The molecule has 0 atom stereocenters. The predicted molar refractivity (Wildman–Crippen MR) is 65.4 cm³/mol. The van der Waals surface area contributed by atoms with Crippen molar-refractivity contribution in [3.8, 4) is 0 Å². The monoisotopic (exact) mass is 236 g/mol. The van der Waals surface area contributed by atoms with Gasteiger partial charge in [-0.05, 0) is 19.1 Å². The van der Waals surface area contributed by atoms with Crippen LogP contribution in [0.2, 0.25) is 0 Å². The SMILES string of the molecule is CC.COC(=O)c1ccc2c(=O)cc(C)[nH]n12. The maximum absolute atomic E-state index is 11.5. The second-order valence-corrected chi connectivity index (χ2v) is 3.23. The molecule has 0 bridgehead atoms. The summed E-state index contributed by atoms with van der Waals surface area (Å²) in [6, 6.07) is 4.62. The number of aryl methyl sites for hydroxylation is 1. The lowest BCUT2D eigenvalue weighted by atomic mass is 10.4. The summed E-state index contributed by atoms with van der Waals surface area (Å²) in [4.78, 5) is 22.9. The van der Waals surface area contributed by atoms with Gasteiger partial charge in [-0.1, -0.05) is 13.8 Å². The van der Waals surface area contributed by atoms with Crippen LogP contribution in [-0.4, -0.2) is 22.7 Å². The molecule has 2 aromatic rings. The number of carbonyl (C=O) groups is 1. The molecule has 1 N–H and O–H groups in total. The maximum Gasteiger partial charge on any atom is 0.356 e. The Bertz CT molecular complexity index is 581. The third-order valence-electron chi connectivity index (χ3n) is 2.16. The van der Waals surface area contributed by atoms with Crippen LogP contribution < -0.4 is 5.43 Å². The molecule has 0 spiro atoms. The summed E-state index contributed by atoms with van der Waals surface area (Å²) in [6.45, 7) is 5.75. The first-order valence-electron chi connectivity index (χ1n) is 5.43. The molecule has 0 amide bonds. The topological polar surface area (TPSA) is 63.6 Å². The molecule has 0 aliphatic heterocycles. The van der Waals surface area contributed by atoms with E-state index in [4.69, 9.17) is 0 Å². The van der Waals surface area contributed by atoms with Crippen LogP contribution in [0.3, 0.4) is 0 Å². The van der Waals surface area contributed by atoms with Crippen molar-refractivity contribution in [2.24, 2.45) is 0 Å². The highest BCUT2D eigenvalue weighted by atomic mass is 16.5. The number of aromatic amines is 1. The van der Waals surface area contributed by atoms with E-state index in [9.17, 15) is 9.59 Å². The highest BCUT2D eigenvalue weighted by Gasteiger charge is 2.12. The van der Waals surface area contributed by atoms with Gasteiger partial charge in [0.05, 0.1) is 7.11 Å². The number of aromatic nitrogens is 2. The Morgan fingerprint density at radius 3 is 2.59 bits per heavy atom. The minimum Gasteiger partial charge on any atom is -0.464 e. The molecule has 2 aromatic heterocycles. The Morgan fingerprint density at radius 2 is 2.00 bits per heavy atom. The minimum absolute atomic E-state index is 0.124. The summed E-state index contributed by atoms with van der Waals surface area (Å²) in [5, 5.41) is 2.91. The summed E-state index contributed by atoms with van der Waals surface area (Å²) < 4.78 is 6.03. The molecule has 0 saturated carbocycles. The van der Waals surface area contributed by atoms with E-state index in [1.54, 1.807) is 19.1 Å². The molecule has 5 heteroatoms. The van der Waals surface area contributed by atoms with Crippen LogP contribution in [0.4, 0.5) is 0 Å². The lowest BCUT2D eigenvalue weighted by Crippen LogP contribution is -2.13. The quantitative estimate of drug-likeness (QED) is 0.767. The van der Waals surface area contributed by atoms with Gasteiger partial charge in [0.2, 0.25) is 5.43 Å². The number of carbonyl (C=O) groups excluding carboxylic acids is 1. The number of hydrogen-bond donors (Lipinski definition) is 1. The Hall–Kier alpha value is -2.04. The second-order valence-electron chi connectivity index (χ2n) is 3.23. The lowest BCUT2D eigenvalue weighted by Gasteiger charge is -2.02. The van der Waals surface area contributed by atoms with Crippen molar-refractivity contribution in [1.82, 2.24) is 9.61 Å². The van der Waals surface area contributed by atoms with Gasteiger partial charge in [-0.2, -0.15) is 0 Å². The Kier molecular flexibility index (Phi) is 4.09. The number of nitrogens with zero attached hydrogens (tertiary/aromatic N) is 1. The van der Waals surface area contributed by atoms with Crippen LogP contribution in [0.15, 0.2) is 23.0 Å². The molecule has 2 rings (SSSR count). The van der Waals surface area contributed by atoms with Gasteiger partial charge < -0.3 is 4.74 Å². The second kappa shape index (κ2) is 5.34. The van der Waals surface area contributed by atoms with E-state index in [0.717, 1.165) is 0 Å². The zero-order valence-corrected chi connectivity index (χ0v) is 10.4. The summed E-state index contributed by atoms with van der Waals surface area (Å²) in [7, 11) is 1.30. The molecule has 0 saturated heterocycles. The molecule has 5 nitrogen and oxygen atoms in total. The number of hydrogen-bond acceptors (Lipinski definition) is 3. The molecule has 0 fully saturated rings. The highest BCUT2D eigenvalue weighted by Crippen LogP contribution is 2.06. The lowest BCUT2D eigenvalue weighted by molar-refractivity contribution is 0.0591. The van der Waals surface area contributed by atoms with Crippen LogP contribution in [0, 0.1) is 6.92 Å². The van der Waals surface area contributed by atoms with Gasteiger partial charge in [0, 0.05) is 11.8 Å². The van der Waals surface area contributed by atoms with Crippen LogP contribution >= 0.6 is 0 Å². The standard InChI is InChI=1S/C10H10N2O3.C2H6/c1-6-5-9(13)7-3-4-8(10(14)15-2)12(7)11-6;1-2/h3-5,11H,1-2H3;1-2H3. The van der Waals surface area contributed by atoms with Crippen LogP contribution in [0.25, 0.3) is 5.52 Å². The smallest absolute Gasteiger partial charge is 0.356 e. The van der Waals surface area contributed by atoms with E-state index in [0.29, 0.717) is 16.9 Å². The van der Waals surface area contributed by atoms with E-state index in [1.807, 2.05) is 13.8 Å². The van der Waals surface area contributed by atoms with E-state index >= 15 is 0 Å². The average molecular weight is 236 g/mol. The van der Waals surface area contributed by atoms with Crippen molar-refractivity contribution in [3.05, 3.63) is 39.8 Å². The van der Waals surface area contributed by atoms with Crippen molar-refractivity contribution in [2.45, 2.75) is 20.8 Å². The molecule has 0 aromatic carbocycles. The predicted octanol–water partition coefficient (Wildman–Crippen LogP) is 1.75. The minimum atomic E-state index is -0.476. The molecular weight excluding hydrogens is 220 g/mol. The number of methoxy groups -OCH3 is 1. The van der Waals surface area contributed by atoms with Gasteiger partial charge in [-0.15, -0.1) is 0 Å². The number of H-pyrrole nitrogens is 1. The fourth-order valence-electron chi connectivity index (χ4n) is 1.49. The molecule has 92 valence electrons. The third-order valence-corrected chi connectivity index (χ3v) is 2.16. The zero-order valence-electron chi connectivity index (χ0n) is 10.4. The number of ether oxygens (including phenoxy) is 1. The number of rotatable bonds is 1. The first-order valence-corrected chi connectivity index (χ1v) is 5.43. The van der Waals surface area contributed by atoms with E-state index in [-0.39, 0.29) is 5.43 Å². The summed E-state index contributed by atoms with van der Waals surface area (Å²) >= 11 is 0. The Morgan fingerprint density at radius 1 is 1.35 bits per heavy atom. The Labute approximate surface area is 99.0 Å². The van der Waals surface area contributed by atoms with Crippen molar-refractivity contribution in [1.29, 1.82) is 0 Å². The van der Waals surface area contributed by atoms with E-state index < -0.39 is 5.97 Å². The van der Waals surface area contributed by atoms with Crippen molar-refractivity contribution in [2.75, 3.05) is 7.11 Å². The number of nitrogens with one attached hydrogen (secondary N) is 1. The van der Waals surface area contributed by atoms with Gasteiger partial charge in [0.1, 0.15) is 11.2 Å². The largest absolute Gasteiger partial charge is 0.464 e. The van der Waals surface area contributed by atoms with Gasteiger partial charge in [-0.25, -0.2) is 9.31 Å². The third kappa shape index (κ3) is 2.38. The van der Waals surface area contributed by atoms with E-state index in [2.05, 4.69) is 9.84 Å². The molecule has 0 aliphatic rings. The summed E-state index contributed by atoms with van der Waals surface area (Å²) in [6.07, 6.45) is 0. The maximum atomic E-state index is 11.5. The molecule has 2 heterocycles. The van der Waals surface area contributed by atoms with Crippen LogP contribution in [-0.2, 0) is 4.74 Å². The van der Waals surface area contributed by atoms with Crippen molar-refractivity contribution in [3.63, 3.8) is 0 Å². The fraction of sp³-hybridized carbons (Fsp3) is 0.333. The van der Waals surface area contributed by atoms with Crippen LogP contribution in [0.5, 0.6) is 0 Å². The normalized spacial score (nSPS) is 9.65. The fourth-order valence-corrected chi connectivity index (χ4v) is 1.49. The number of esters is 1. The van der Waals surface area contributed by atoms with Gasteiger partial charge >= 0.3 is 5.97 Å². The number of fused-ring (bicyclic) bond motifs is 1. The van der Waals surface area contributed by atoms with Crippen molar-refractivity contribution >= 4 is 11.5 Å². The Balaban J connectivity index is 0.000000686. The zero-order chi connectivity index (χ0) is 13.0.